The lowest BCUT2D eigenvalue weighted by atomic mass is 10.1. The maximum atomic E-state index is 13.6. The number of nitrogens with zero attached hydrogens (tertiary/aromatic N) is 2. The van der Waals surface area contributed by atoms with Crippen LogP contribution in [0.25, 0.3) is 11.3 Å². The molecule has 0 saturated heterocycles. The summed E-state index contributed by atoms with van der Waals surface area (Å²) in [5, 5.41) is 0. The summed E-state index contributed by atoms with van der Waals surface area (Å²) in [4.78, 5) is 7.99. The Bertz CT molecular complexity index is 1280. The number of halogens is 5. The SMILES string of the molecule is COc1ncc(-c2nc(OCc3cccc(C(F)(F)F)c3)ccc2C(F)F)cc1NS(C)(=O)=O. The first-order valence-corrected chi connectivity index (χ1v) is 11.4. The molecular formula is C21H18F5N3O4S. The highest BCUT2D eigenvalue weighted by Gasteiger charge is 2.30. The highest BCUT2D eigenvalue weighted by atomic mass is 32.2. The van der Waals surface area contributed by atoms with Crippen LogP contribution < -0.4 is 14.2 Å². The second kappa shape index (κ2) is 9.79. The van der Waals surface area contributed by atoms with E-state index in [1.54, 1.807) is 0 Å². The molecule has 0 aliphatic carbocycles. The highest BCUT2D eigenvalue weighted by molar-refractivity contribution is 7.92. The number of aromatic nitrogens is 2. The molecule has 2 aromatic heterocycles. The number of hydrogen-bond donors (Lipinski definition) is 1. The Morgan fingerprint density at radius 2 is 1.85 bits per heavy atom. The van der Waals surface area contributed by atoms with Crippen LogP contribution in [0.1, 0.15) is 23.1 Å². The number of pyridine rings is 2. The summed E-state index contributed by atoms with van der Waals surface area (Å²) in [6.45, 7) is -0.299. The fraction of sp³-hybridized carbons (Fsp3) is 0.238. The Morgan fingerprint density at radius 1 is 1.12 bits per heavy atom. The monoisotopic (exact) mass is 503 g/mol. The van der Waals surface area contributed by atoms with Gasteiger partial charge in [-0.3, -0.25) is 4.72 Å². The molecule has 13 heteroatoms. The number of anilines is 1. The highest BCUT2D eigenvalue weighted by Crippen LogP contribution is 2.35. The molecule has 1 N–H and O–H groups in total. The van der Waals surface area contributed by atoms with E-state index in [2.05, 4.69) is 14.7 Å². The van der Waals surface area contributed by atoms with E-state index in [0.29, 0.717) is 0 Å². The molecule has 7 nitrogen and oxygen atoms in total. The number of alkyl halides is 5. The van der Waals surface area contributed by atoms with Gasteiger partial charge in [0, 0.05) is 23.4 Å². The molecule has 0 bridgehead atoms. The van der Waals surface area contributed by atoms with E-state index >= 15 is 0 Å². The molecule has 34 heavy (non-hydrogen) atoms. The number of rotatable bonds is 8. The van der Waals surface area contributed by atoms with Crippen molar-refractivity contribution >= 4 is 15.7 Å². The van der Waals surface area contributed by atoms with Crippen LogP contribution in [-0.4, -0.2) is 31.8 Å². The predicted molar refractivity (Wildman–Crippen MR) is 113 cm³/mol. The van der Waals surface area contributed by atoms with Crippen molar-refractivity contribution in [2.24, 2.45) is 0 Å². The number of methoxy groups -OCH3 is 1. The van der Waals surface area contributed by atoms with Crippen LogP contribution in [0.4, 0.5) is 27.6 Å². The molecule has 0 spiro atoms. The summed E-state index contributed by atoms with van der Waals surface area (Å²) in [5.41, 5.74) is -1.45. The van der Waals surface area contributed by atoms with Crippen molar-refractivity contribution in [3.63, 3.8) is 0 Å². The van der Waals surface area contributed by atoms with Gasteiger partial charge in [-0.25, -0.2) is 27.2 Å². The van der Waals surface area contributed by atoms with Gasteiger partial charge in [-0.2, -0.15) is 13.2 Å². The maximum absolute atomic E-state index is 13.6. The van der Waals surface area contributed by atoms with Gasteiger partial charge in [-0.15, -0.1) is 0 Å². The van der Waals surface area contributed by atoms with Gasteiger partial charge in [-0.05, 0) is 29.8 Å². The molecule has 182 valence electrons. The molecule has 0 atom stereocenters. The first kappa shape index (κ1) is 25.1. The molecule has 0 aliphatic heterocycles. The summed E-state index contributed by atoms with van der Waals surface area (Å²) >= 11 is 0. The first-order chi connectivity index (χ1) is 15.9. The maximum Gasteiger partial charge on any atom is 0.416 e. The first-order valence-electron chi connectivity index (χ1n) is 9.47. The van der Waals surface area contributed by atoms with Crippen molar-refractivity contribution in [2.45, 2.75) is 19.2 Å². The van der Waals surface area contributed by atoms with E-state index in [1.807, 2.05) is 0 Å². The third-order valence-electron chi connectivity index (χ3n) is 4.39. The third kappa shape index (κ3) is 6.31. The quantitative estimate of drug-likeness (QED) is 0.433. The summed E-state index contributed by atoms with van der Waals surface area (Å²) in [7, 11) is -2.49. The topological polar surface area (TPSA) is 90.4 Å². The van der Waals surface area contributed by atoms with Gasteiger partial charge in [-0.1, -0.05) is 12.1 Å². The normalized spacial score (nSPS) is 12.0. The minimum absolute atomic E-state index is 0.0340. The molecule has 3 aromatic rings. The molecule has 1 aromatic carbocycles. The van der Waals surface area contributed by atoms with Crippen molar-refractivity contribution in [2.75, 3.05) is 18.1 Å². The molecule has 0 aliphatic rings. The smallest absolute Gasteiger partial charge is 0.416 e. The number of sulfonamides is 1. The number of hydrogen-bond acceptors (Lipinski definition) is 6. The van der Waals surface area contributed by atoms with E-state index < -0.39 is 33.8 Å². The van der Waals surface area contributed by atoms with Crippen LogP contribution in [0.3, 0.4) is 0 Å². The Labute approximate surface area is 191 Å². The number of nitrogens with one attached hydrogen (secondary N) is 1. The van der Waals surface area contributed by atoms with Crippen molar-refractivity contribution in [1.82, 2.24) is 9.97 Å². The Balaban J connectivity index is 1.95. The average Bonchev–Trinajstić information content (AvgIpc) is 2.76. The Hall–Kier alpha value is -3.48. The van der Waals surface area contributed by atoms with E-state index in [1.165, 1.54) is 25.3 Å². The lowest BCUT2D eigenvalue weighted by Gasteiger charge is -2.14. The number of benzene rings is 1. The number of ether oxygens (including phenoxy) is 2. The molecule has 0 amide bonds. The summed E-state index contributed by atoms with van der Waals surface area (Å²) in [5.74, 6) is -0.227. The van der Waals surface area contributed by atoms with Crippen LogP contribution in [0.5, 0.6) is 11.8 Å². The molecular weight excluding hydrogens is 485 g/mol. The Kier molecular flexibility index (Phi) is 7.24. The van der Waals surface area contributed by atoms with Crippen LogP contribution in [0.2, 0.25) is 0 Å². The lowest BCUT2D eigenvalue weighted by molar-refractivity contribution is -0.137. The second-order valence-corrected chi connectivity index (χ2v) is 8.78. The van der Waals surface area contributed by atoms with E-state index in [4.69, 9.17) is 9.47 Å². The average molecular weight is 503 g/mol. The van der Waals surface area contributed by atoms with Gasteiger partial charge >= 0.3 is 6.18 Å². The van der Waals surface area contributed by atoms with Crippen LogP contribution in [0.15, 0.2) is 48.7 Å². The zero-order chi connectivity index (χ0) is 25.1. The van der Waals surface area contributed by atoms with Crippen molar-refractivity contribution in [1.29, 1.82) is 0 Å². The molecule has 0 saturated carbocycles. The standard InChI is InChI=1S/C21H18F5N3O4S/c1-32-20-16(29-34(2,30)31)9-13(10-27-20)18-15(19(22)23)6-7-17(28-18)33-11-12-4-3-5-14(8-12)21(24,25)26/h3-10,19,29H,11H2,1-2H3. The molecule has 3 rings (SSSR count). The van der Waals surface area contributed by atoms with Gasteiger partial charge in [0.1, 0.15) is 12.3 Å². The largest absolute Gasteiger partial charge is 0.480 e. The van der Waals surface area contributed by atoms with Gasteiger partial charge < -0.3 is 9.47 Å². The molecule has 2 heterocycles. The van der Waals surface area contributed by atoms with Crippen LogP contribution >= 0.6 is 0 Å². The third-order valence-corrected chi connectivity index (χ3v) is 4.98. The van der Waals surface area contributed by atoms with Crippen LogP contribution in [-0.2, 0) is 22.8 Å². The van der Waals surface area contributed by atoms with Crippen LogP contribution in [0, 0.1) is 0 Å². The summed E-state index contributed by atoms with van der Waals surface area (Å²) in [6, 6.07) is 7.89. The second-order valence-electron chi connectivity index (χ2n) is 7.03. The fourth-order valence-electron chi connectivity index (χ4n) is 2.95. The van der Waals surface area contributed by atoms with Gasteiger partial charge in [0.15, 0.2) is 0 Å². The van der Waals surface area contributed by atoms with Gasteiger partial charge in [0.05, 0.1) is 24.6 Å². The minimum Gasteiger partial charge on any atom is -0.480 e. The molecule has 0 unspecified atom stereocenters. The van der Waals surface area contributed by atoms with Gasteiger partial charge in [0.2, 0.25) is 21.8 Å². The van der Waals surface area contributed by atoms with Crippen molar-refractivity contribution in [3.8, 4) is 23.0 Å². The van der Waals surface area contributed by atoms with E-state index in [-0.39, 0.29) is 40.9 Å². The zero-order valence-corrected chi connectivity index (χ0v) is 18.5. The van der Waals surface area contributed by atoms with Crippen molar-refractivity contribution < 1.29 is 39.8 Å². The lowest BCUT2D eigenvalue weighted by Crippen LogP contribution is -2.11. The van der Waals surface area contributed by atoms with E-state index in [0.717, 1.165) is 36.7 Å². The molecule has 0 radical (unpaired) electrons. The van der Waals surface area contributed by atoms with Crippen molar-refractivity contribution in [3.05, 3.63) is 65.4 Å². The molecule has 0 fully saturated rings. The fourth-order valence-corrected chi connectivity index (χ4v) is 3.50. The Morgan fingerprint density at radius 3 is 2.47 bits per heavy atom. The zero-order valence-electron chi connectivity index (χ0n) is 17.7. The predicted octanol–water partition coefficient (Wildman–Crippen LogP) is 5.06. The van der Waals surface area contributed by atoms with Gasteiger partial charge in [0.25, 0.3) is 6.43 Å². The summed E-state index contributed by atoms with van der Waals surface area (Å²) < 4.78 is 102. The summed E-state index contributed by atoms with van der Waals surface area (Å²) in [6.07, 6.45) is -5.41. The van der Waals surface area contributed by atoms with E-state index in [9.17, 15) is 30.4 Å². The minimum atomic E-state index is -4.53.